The molecule has 0 aliphatic heterocycles. The molecule has 0 saturated carbocycles. The topological polar surface area (TPSA) is 12.0 Å². The molecule has 1 rings (SSSR count). The molecule has 3 heteroatoms. The van der Waals surface area contributed by atoms with Crippen LogP contribution >= 0.6 is 27.5 Å². The summed E-state index contributed by atoms with van der Waals surface area (Å²) in [6, 6.07) is 6.58. The minimum absolute atomic E-state index is 0.371. The Balaban J connectivity index is 2.41. The number of benzene rings is 1. The molecule has 1 N–H and O–H groups in total. The van der Waals surface area contributed by atoms with Gasteiger partial charge in [0.15, 0.2) is 0 Å². The largest absolute Gasteiger partial charge is 0.310 e. The number of nitrogens with one attached hydrogen (secondary N) is 1. The lowest BCUT2D eigenvalue weighted by atomic mass is 9.99. The van der Waals surface area contributed by atoms with Crippen LogP contribution in [0.3, 0.4) is 0 Å². The Morgan fingerprint density at radius 3 is 2.38 bits per heavy atom. The summed E-state index contributed by atoms with van der Waals surface area (Å²) in [5.41, 5.74) is 1.22. The van der Waals surface area contributed by atoms with Crippen LogP contribution in [0.15, 0.2) is 22.7 Å². The predicted molar refractivity (Wildman–Crippen MR) is 98.2 cm³/mol. The predicted octanol–water partition coefficient (Wildman–Crippen LogP) is 6.89. The second-order valence-corrected chi connectivity index (χ2v) is 6.90. The van der Waals surface area contributed by atoms with Crippen molar-refractivity contribution >= 4 is 27.5 Å². The van der Waals surface area contributed by atoms with Gasteiger partial charge in [-0.15, -0.1) is 0 Å². The molecule has 1 atom stereocenters. The van der Waals surface area contributed by atoms with Crippen LogP contribution in [0.5, 0.6) is 0 Å². The molecule has 1 aromatic rings. The van der Waals surface area contributed by atoms with Crippen LogP contribution in [0.1, 0.15) is 76.8 Å². The fraction of sp³-hybridized carbons (Fsp3) is 0.667. The van der Waals surface area contributed by atoms with E-state index in [-0.39, 0.29) is 0 Å². The van der Waals surface area contributed by atoms with Gasteiger partial charge in [-0.2, -0.15) is 0 Å². The number of rotatable bonds is 11. The summed E-state index contributed by atoms with van der Waals surface area (Å²) in [4.78, 5) is 0. The average Bonchev–Trinajstić information content (AvgIpc) is 2.48. The van der Waals surface area contributed by atoms with Crippen LogP contribution < -0.4 is 5.32 Å². The van der Waals surface area contributed by atoms with E-state index in [2.05, 4.69) is 47.2 Å². The number of hydrogen-bond donors (Lipinski definition) is 1. The zero-order chi connectivity index (χ0) is 15.5. The second kappa shape index (κ2) is 11.5. The molecular formula is C18H29BrClN. The van der Waals surface area contributed by atoms with Gasteiger partial charge in [0.2, 0.25) is 0 Å². The zero-order valence-electron chi connectivity index (χ0n) is 13.4. The van der Waals surface area contributed by atoms with E-state index < -0.39 is 0 Å². The average molecular weight is 375 g/mol. The fourth-order valence-corrected chi connectivity index (χ4v) is 3.35. The molecule has 0 heterocycles. The third-order valence-corrected chi connectivity index (χ3v) is 5.21. The van der Waals surface area contributed by atoms with Crippen molar-refractivity contribution in [2.45, 2.75) is 71.3 Å². The highest BCUT2D eigenvalue weighted by atomic mass is 79.9. The van der Waals surface area contributed by atoms with E-state index in [9.17, 15) is 0 Å². The van der Waals surface area contributed by atoms with Gasteiger partial charge < -0.3 is 5.32 Å². The van der Waals surface area contributed by atoms with Crippen LogP contribution in [0.2, 0.25) is 5.02 Å². The molecule has 0 spiro atoms. The highest BCUT2D eigenvalue weighted by molar-refractivity contribution is 9.10. The minimum atomic E-state index is 0.371. The Kier molecular flexibility index (Phi) is 10.4. The highest BCUT2D eigenvalue weighted by Gasteiger charge is 2.14. The van der Waals surface area contributed by atoms with Crippen molar-refractivity contribution in [1.29, 1.82) is 0 Å². The minimum Gasteiger partial charge on any atom is -0.310 e. The first kappa shape index (κ1) is 19.0. The van der Waals surface area contributed by atoms with E-state index in [1.54, 1.807) is 0 Å². The van der Waals surface area contributed by atoms with Crippen molar-refractivity contribution in [3.8, 4) is 0 Å². The molecule has 1 aromatic carbocycles. The first-order valence-corrected chi connectivity index (χ1v) is 9.55. The van der Waals surface area contributed by atoms with Gasteiger partial charge in [0.25, 0.3) is 0 Å². The van der Waals surface area contributed by atoms with Gasteiger partial charge in [-0.1, -0.05) is 82.5 Å². The van der Waals surface area contributed by atoms with E-state index in [4.69, 9.17) is 11.6 Å². The molecule has 0 amide bonds. The van der Waals surface area contributed by atoms with Gasteiger partial charge in [-0.3, -0.25) is 0 Å². The fourth-order valence-electron chi connectivity index (χ4n) is 2.71. The summed E-state index contributed by atoms with van der Waals surface area (Å²) in [5, 5.41) is 4.43. The molecule has 120 valence electrons. The SMILES string of the molecule is CCCCCCCCCC(NCC)c1cccc(Br)c1Cl. The lowest BCUT2D eigenvalue weighted by molar-refractivity contribution is 0.475. The summed E-state index contributed by atoms with van der Waals surface area (Å²) in [5.74, 6) is 0. The van der Waals surface area contributed by atoms with Crippen LogP contribution in [-0.2, 0) is 0 Å². The molecular weight excluding hydrogens is 346 g/mol. The Hall–Kier alpha value is -0.0500. The van der Waals surface area contributed by atoms with Gasteiger partial charge >= 0.3 is 0 Å². The molecule has 0 fully saturated rings. The summed E-state index contributed by atoms with van der Waals surface area (Å²) >= 11 is 9.96. The van der Waals surface area contributed by atoms with Crippen molar-refractivity contribution in [3.63, 3.8) is 0 Å². The third-order valence-electron chi connectivity index (χ3n) is 3.90. The Morgan fingerprint density at radius 1 is 1.05 bits per heavy atom. The van der Waals surface area contributed by atoms with Crippen LogP contribution in [0.25, 0.3) is 0 Å². The Labute approximate surface area is 144 Å². The number of hydrogen-bond acceptors (Lipinski definition) is 1. The van der Waals surface area contributed by atoms with Crippen LogP contribution in [-0.4, -0.2) is 6.54 Å². The van der Waals surface area contributed by atoms with E-state index in [0.717, 1.165) is 22.5 Å². The molecule has 1 nitrogen and oxygen atoms in total. The molecule has 1 unspecified atom stereocenters. The maximum Gasteiger partial charge on any atom is 0.0595 e. The number of halogens is 2. The molecule has 0 aromatic heterocycles. The van der Waals surface area contributed by atoms with E-state index >= 15 is 0 Å². The van der Waals surface area contributed by atoms with Gasteiger partial charge in [0.05, 0.1) is 5.02 Å². The van der Waals surface area contributed by atoms with Gasteiger partial charge in [0, 0.05) is 10.5 Å². The summed E-state index contributed by atoms with van der Waals surface area (Å²) in [6.45, 7) is 5.40. The Morgan fingerprint density at radius 2 is 1.71 bits per heavy atom. The van der Waals surface area contributed by atoms with Gasteiger partial charge in [-0.05, 0) is 40.5 Å². The molecule has 0 aliphatic carbocycles. The normalized spacial score (nSPS) is 12.6. The molecule has 0 saturated heterocycles. The highest BCUT2D eigenvalue weighted by Crippen LogP contribution is 2.32. The molecule has 0 radical (unpaired) electrons. The second-order valence-electron chi connectivity index (χ2n) is 5.66. The van der Waals surface area contributed by atoms with E-state index in [0.29, 0.717) is 6.04 Å². The zero-order valence-corrected chi connectivity index (χ0v) is 15.8. The number of unbranched alkanes of at least 4 members (excludes halogenated alkanes) is 6. The summed E-state index contributed by atoms with van der Waals surface area (Å²) in [7, 11) is 0. The first-order chi connectivity index (χ1) is 10.2. The standard InChI is InChI=1S/C18H29BrClN/c1-3-5-6-7-8-9-10-14-17(21-4-2)15-12-11-13-16(19)18(15)20/h11-13,17,21H,3-10,14H2,1-2H3. The van der Waals surface area contributed by atoms with Crippen LogP contribution in [0, 0.1) is 0 Å². The van der Waals surface area contributed by atoms with Crippen molar-refractivity contribution in [1.82, 2.24) is 5.32 Å². The quantitative estimate of drug-likeness (QED) is 0.416. The first-order valence-electron chi connectivity index (χ1n) is 8.38. The van der Waals surface area contributed by atoms with Crippen molar-refractivity contribution in [2.75, 3.05) is 6.54 Å². The lowest BCUT2D eigenvalue weighted by Crippen LogP contribution is -2.21. The monoisotopic (exact) mass is 373 g/mol. The van der Waals surface area contributed by atoms with Crippen LogP contribution in [0.4, 0.5) is 0 Å². The molecule has 0 aliphatic rings. The lowest BCUT2D eigenvalue weighted by Gasteiger charge is -2.20. The van der Waals surface area contributed by atoms with Crippen molar-refractivity contribution in [3.05, 3.63) is 33.3 Å². The summed E-state index contributed by atoms with van der Waals surface area (Å²) in [6.07, 6.45) is 10.6. The third kappa shape index (κ3) is 7.17. The van der Waals surface area contributed by atoms with E-state index in [1.807, 2.05) is 6.07 Å². The van der Waals surface area contributed by atoms with Gasteiger partial charge in [0.1, 0.15) is 0 Å². The Bertz CT molecular complexity index is 395. The van der Waals surface area contributed by atoms with Crippen molar-refractivity contribution in [2.24, 2.45) is 0 Å². The maximum atomic E-state index is 6.43. The van der Waals surface area contributed by atoms with Crippen molar-refractivity contribution < 1.29 is 0 Å². The van der Waals surface area contributed by atoms with Gasteiger partial charge in [-0.25, -0.2) is 0 Å². The molecule has 21 heavy (non-hydrogen) atoms. The smallest absolute Gasteiger partial charge is 0.0595 e. The molecule has 0 bridgehead atoms. The summed E-state index contributed by atoms with van der Waals surface area (Å²) < 4.78 is 0.990. The maximum absolute atomic E-state index is 6.43. The van der Waals surface area contributed by atoms with E-state index in [1.165, 1.54) is 50.5 Å².